The van der Waals surface area contributed by atoms with E-state index in [1.807, 2.05) is 29.6 Å². The summed E-state index contributed by atoms with van der Waals surface area (Å²) in [6.07, 6.45) is 1.96. The van der Waals surface area contributed by atoms with E-state index >= 15 is 0 Å². The van der Waals surface area contributed by atoms with E-state index in [9.17, 15) is 4.79 Å². The SMILES string of the molecule is CCOC(=O)C[C@H](N)c1cccc(-c2nccs2)c1. The zero-order valence-electron chi connectivity index (χ0n) is 10.7. The van der Waals surface area contributed by atoms with Gasteiger partial charge in [0.1, 0.15) is 5.01 Å². The summed E-state index contributed by atoms with van der Waals surface area (Å²) in [5, 5.41) is 2.88. The highest BCUT2D eigenvalue weighted by molar-refractivity contribution is 7.13. The van der Waals surface area contributed by atoms with Gasteiger partial charge in [0.25, 0.3) is 0 Å². The molecule has 0 amide bonds. The van der Waals surface area contributed by atoms with Crippen molar-refractivity contribution in [3.8, 4) is 10.6 Å². The third-order valence-corrected chi connectivity index (χ3v) is 3.51. The van der Waals surface area contributed by atoms with Gasteiger partial charge in [-0.05, 0) is 18.6 Å². The number of carbonyl (C=O) groups excluding carboxylic acids is 1. The molecule has 0 unspecified atom stereocenters. The predicted octanol–water partition coefficient (Wildman–Crippen LogP) is 2.76. The summed E-state index contributed by atoms with van der Waals surface area (Å²) in [4.78, 5) is 15.7. The topological polar surface area (TPSA) is 65.2 Å². The van der Waals surface area contributed by atoms with Crippen LogP contribution in [0.25, 0.3) is 10.6 Å². The first-order chi connectivity index (χ1) is 9.20. The standard InChI is InChI=1S/C14H16N2O2S/c1-2-18-13(17)9-12(15)10-4-3-5-11(8-10)14-16-6-7-19-14/h3-8,12H,2,9,15H2,1H3/t12-/m0/s1. The van der Waals surface area contributed by atoms with Crippen molar-refractivity contribution in [2.45, 2.75) is 19.4 Å². The highest BCUT2D eigenvalue weighted by Gasteiger charge is 2.13. The van der Waals surface area contributed by atoms with E-state index in [1.165, 1.54) is 0 Å². The number of hydrogen-bond acceptors (Lipinski definition) is 5. The van der Waals surface area contributed by atoms with Crippen LogP contribution in [0.5, 0.6) is 0 Å². The van der Waals surface area contributed by atoms with Crippen LogP contribution in [0.1, 0.15) is 24.9 Å². The molecule has 1 aromatic carbocycles. The number of rotatable bonds is 5. The molecule has 2 N–H and O–H groups in total. The minimum Gasteiger partial charge on any atom is -0.466 e. The quantitative estimate of drug-likeness (QED) is 0.853. The van der Waals surface area contributed by atoms with Crippen LogP contribution >= 0.6 is 11.3 Å². The maximum atomic E-state index is 11.4. The molecule has 19 heavy (non-hydrogen) atoms. The molecule has 0 fully saturated rings. The van der Waals surface area contributed by atoms with E-state index in [-0.39, 0.29) is 18.4 Å². The van der Waals surface area contributed by atoms with Crippen molar-refractivity contribution in [1.82, 2.24) is 4.98 Å². The second-order valence-electron chi connectivity index (χ2n) is 4.08. The number of thiazole rings is 1. The van der Waals surface area contributed by atoms with E-state index < -0.39 is 0 Å². The normalized spacial score (nSPS) is 12.1. The van der Waals surface area contributed by atoms with E-state index in [2.05, 4.69) is 4.98 Å². The fraction of sp³-hybridized carbons (Fsp3) is 0.286. The van der Waals surface area contributed by atoms with Crippen LogP contribution in [-0.2, 0) is 9.53 Å². The molecule has 0 saturated carbocycles. The minimum absolute atomic E-state index is 0.190. The number of nitrogens with two attached hydrogens (primary N) is 1. The summed E-state index contributed by atoms with van der Waals surface area (Å²) >= 11 is 1.57. The predicted molar refractivity (Wildman–Crippen MR) is 75.7 cm³/mol. The molecule has 0 bridgehead atoms. The van der Waals surface area contributed by atoms with Gasteiger partial charge < -0.3 is 10.5 Å². The Morgan fingerprint density at radius 2 is 2.37 bits per heavy atom. The van der Waals surface area contributed by atoms with E-state index in [0.29, 0.717) is 6.61 Å². The number of aromatic nitrogens is 1. The first-order valence-corrected chi connectivity index (χ1v) is 6.99. The number of nitrogens with zero attached hydrogens (tertiary/aromatic N) is 1. The molecule has 0 radical (unpaired) electrons. The van der Waals surface area contributed by atoms with Gasteiger partial charge in [0, 0.05) is 23.2 Å². The van der Waals surface area contributed by atoms with Crippen LogP contribution in [0.3, 0.4) is 0 Å². The van der Waals surface area contributed by atoms with Crippen molar-refractivity contribution in [2.75, 3.05) is 6.61 Å². The number of ether oxygens (including phenoxy) is 1. The molecule has 100 valence electrons. The van der Waals surface area contributed by atoms with E-state index in [0.717, 1.165) is 16.1 Å². The molecular weight excluding hydrogens is 260 g/mol. The zero-order valence-corrected chi connectivity index (χ0v) is 11.5. The molecule has 5 heteroatoms. The molecule has 0 aliphatic rings. The maximum Gasteiger partial charge on any atom is 0.307 e. The lowest BCUT2D eigenvalue weighted by Crippen LogP contribution is -2.17. The Bertz CT molecular complexity index is 540. The monoisotopic (exact) mass is 276 g/mol. The molecule has 1 heterocycles. The van der Waals surface area contributed by atoms with Crippen LogP contribution in [-0.4, -0.2) is 17.6 Å². The highest BCUT2D eigenvalue weighted by Crippen LogP contribution is 2.25. The largest absolute Gasteiger partial charge is 0.466 e. The molecule has 0 spiro atoms. The maximum absolute atomic E-state index is 11.4. The Hall–Kier alpha value is -1.72. The number of esters is 1. The van der Waals surface area contributed by atoms with E-state index in [4.69, 9.17) is 10.5 Å². The lowest BCUT2D eigenvalue weighted by atomic mass is 10.0. The van der Waals surface area contributed by atoms with Gasteiger partial charge in [-0.15, -0.1) is 11.3 Å². The molecule has 1 aromatic heterocycles. The van der Waals surface area contributed by atoms with Gasteiger partial charge >= 0.3 is 5.97 Å². The van der Waals surface area contributed by atoms with Crippen molar-refractivity contribution in [3.05, 3.63) is 41.4 Å². The average molecular weight is 276 g/mol. The zero-order chi connectivity index (χ0) is 13.7. The molecule has 4 nitrogen and oxygen atoms in total. The van der Waals surface area contributed by atoms with Crippen LogP contribution in [0.15, 0.2) is 35.8 Å². The average Bonchev–Trinajstić information content (AvgIpc) is 2.93. The van der Waals surface area contributed by atoms with Gasteiger partial charge in [-0.1, -0.05) is 18.2 Å². The van der Waals surface area contributed by atoms with Crippen molar-refractivity contribution in [2.24, 2.45) is 5.73 Å². The van der Waals surface area contributed by atoms with Gasteiger partial charge in [0.05, 0.1) is 13.0 Å². The van der Waals surface area contributed by atoms with Gasteiger partial charge in [0.2, 0.25) is 0 Å². The van der Waals surface area contributed by atoms with Crippen molar-refractivity contribution in [3.63, 3.8) is 0 Å². The third-order valence-electron chi connectivity index (χ3n) is 2.69. The fourth-order valence-electron chi connectivity index (χ4n) is 1.79. The van der Waals surface area contributed by atoms with E-state index in [1.54, 1.807) is 24.5 Å². The number of carbonyl (C=O) groups is 1. The Labute approximate surface area is 116 Å². The second-order valence-corrected chi connectivity index (χ2v) is 4.97. The van der Waals surface area contributed by atoms with Gasteiger partial charge in [0.15, 0.2) is 0 Å². The molecule has 2 aromatic rings. The van der Waals surface area contributed by atoms with Gasteiger partial charge in [-0.2, -0.15) is 0 Å². The summed E-state index contributed by atoms with van der Waals surface area (Å²) in [6.45, 7) is 2.16. The molecule has 1 atom stereocenters. The number of benzene rings is 1. The molecule has 0 aliphatic heterocycles. The summed E-state index contributed by atoms with van der Waals surface area (Å²) in [5.41, 5.74) is 7.97. The number of hydrogen-bond donors (Lipinski definition) is 1. The molecule has 0 aliphatic carbocycles. The second kappa shape index (κ2) is 6.45. The van der Waals surface area contributed by atoms with Crippen molar-refractivity contribution in [1.29, 1.82) is 0 Å². The Balaban J connectivity index is 2.12. The smallest absolute Gasteiger partial charge is 0.307 e. The minimum atomic E-state index is -0.348. The fourth-order valence-corrected chi connectivity index (χ4v) is 2.42. The van der Waals surface area contributed by atoms with Crippen molar-refractivity contribution >= 4 is 17.3 Å². The Morgan fingerprint density at radius 1 is 1.53 bits per heavy atom. The van der Waals surface area contributed by atoms with Gasteiger partial charge in [-0.3, -0.25) is 4.79 Å². The van der Waals surface area contributed by atoms with Crippen LogP contribution < -0.4 is 5.73 Å². The van der Waals surface area contributed by atoms with Gasteiger partial charge in [-0.25, -0.2) is 4.98 Å². The first-order valence-electron chi connectivity index (χ1n) is 6.11. The highest BCUT2D eigenvalue weighted by atomic mass is 32.1. The lowest BCUT2D eigenvalue weighted by molar-refractivity contribution is -0.143. The summed E-state index contributed by atoms with van der Waals surface area (Å²) < 4.78 is 4.91. The lowest BCUT2D eigenvalue weighted by Gasteiger charge is -2.12. The molecular formula is C14H16N2O2S. The third kappa shape index (κ3) is 3.62. The first kappa shape index (κ1) is 13.7. The van der Waals surface area contributed by atoms with Crippen LogP contribution in [0.2, 0.25) is 0 Å². The molecule has 2 rings (SSSR count). The summed E-state index contributed by atoms with van der Waals surface area (Å²) in [5.74, 6) is -0.269. The van der Waals surface area contributed by atoms with Crippen LogP contribution in [0, 0.1) is 0 Å². The van der Waals surface area contributed by atoms with Crippen LogP contribution in [0.4, 0.5) is 0 Å². The summed E-state index contributed by atoms with van der Waals surface area (Å²) in [7, 11) is 0. The Morgan fingerprint density at radius 3 is 3.05 bits per heavy atom. The summed E-state index contributed by atoms with van der Waals surface area (Å²) in [6, 6.07) is 7.46. The Kier molecular flexibility index (Phi) is 4.65. The van der Waals surface area contributed by atoms with Crippen molar-refractivity contribution < 1.29 is 9.53 Å². The molecule has 0 saturated heterocycles.